The number of nitrogen functional groups attached to an aromatic ring is 1. The molecule has 0 unspecified atom stereocenters. The average Bonchev–Trinajstić information content (AvgIpc) is 2.54. The number of ether oxygens (including phenoxy) is 1. The highest BCUT2D eigenvalue weighted by molar-refractivity contribution is 9.10. The molecule has 0 amide bonds. The van der Waals surface area contributed by atoms with Crippen LogP contribution in [0.4, 0.5) is 5.95 Å². The van der Waals surface area contributed by atoms with E-state index in [1.807, 2.05) is 19.2 Å². The molecule has 6 heteroatoms. The lowest BCUT2D eigenvalue weighted by molar-refractivity contribution is 0.415. The molecular formula is C11H11BrClN3O. The van der Waals surface area contributed by atoms with E-state index in [4.69, 9.17) is 22.1 Å². The van der Waals surface area contributed by atoms with Crippen LogP contribution < -0.4 is 10.5 Å². The first-order chi connectivity index (χ1) is 8.04. The van der Waals surface area contributed by atoms with Crippen molar-refractivity contribution < 1.29 is 4.74 Å². The Morgan fingerprint density at radius 3 is 2.65 bits per heavy atom. The molecule has 90 valence electrons. The minimum Gasteiger partial charge on any atom is -0.497 e. The van der Waals surface area contributed by atoms with E-state index in [2.05, 4.69) is 20.9 Å². The van der Waals surface area contributed by atoms with Crippen LogP contribution in [0.3, 0.4) is 0 Å². The summed E-state index contributed by atoms with van der Waals surface area (Å²) < 4.78 is 7.55. The van der Waals surface area contributed by atoms with Crippen molar-refractivity contribution in [2.45, 2.75) is 0 Å². The number of benzene rings is 1. The zero-order valence-electron chi connectivity index (χ0n) is 9.37. The van der Waals surface area contributed by atoms with Gasteiger partial charge in [0.15, 0.2) is 0 Å². The SMILES string of the molecule is COc1ccc(-c2c(Br)nc(N)n2C)c(Cl)c1. The number of hydrogen-bond donors (Lipinski definition) is 1. The molecule has 0 aliphatic rings. The summed E-state index contributed by atoms with van der Waals surface area (Å²) in [5.41, 5.74) is 7.43. The molecule has 17 heavy (non-hydrogen) atoms. The summed E-state index contributed by atoms with van der Waals surface area (Å²) in [6, 6.07) is 5.48. The molecule has 0 fully saturated rings. The van der Waals surface area contributed by atoms with E-state index in [1.165, 1.54) is 0 Å². The van der Waals surface area contributed by atoms with Gasteiger partial charge in [-0.2, -0.15) is 0 Å². The van der Waals surface area contributed by atoms with Gasteiger partial charge in [0, 0.05) is 12.6 Å². The second kappa shape index (κ2) is 4.58. The van der Waals surface area contributed by atoms with Gasteiger partial charge in [0.05, 0.1) is 17.8 Å². The molecule has 1 aromatic heterocycles. The highest BCUT2D eigenvalue weighted by Crippen LogP contribution is 2.35. The van der Waals surface area contributed by atoms with Crippen molar-refractivity contribution in [2.75, 3.05) is 12.8 Å². The van der Waals surface area contributed by atoms with Crippen LogP contribution in [0.5, 0.6) is 5.75 Å². The van der Waals surface area contributed by atoms with Crippen molar-refractivity contribution in [1.82, 2.24) is 9.55 Å². The standard InChI is InChI=1S/C11H11BrClN3O/c1-16-9(10(12)15-11(16)14)7-4-3-6(17-2)5-8(7)13/h3-5H,1-2H3,(H2,14,15). The van der Waals surface area contributed by atoms with Crippen molar-refractivity contribution in [1.29, 1.82) is 0 Å². The van der Waals surface area contributed by atoms with Gasteiger partial charge in [-0.3, -0.25) is 0 Å². The summed E-state index contributed by atoms with van der Waals surface area (Å²) in [6.45, 7) is 0. The average molecular weight is 317 g/mol. The first-order valence-electron chi connectivity index (χ1n) is 4.86. The van der Waals surface area contributed by atoms with Gasteiger partial charge in [0.2, 0.25) is 5.95 Å². The van der Waals surface area contributed by atoms with Crippen LogP contribution >= 0.6 is 27.5 Å². The summed E-state index contributed by atoms with van der Waals surface area (Å²) in [7, 11) is 3.44. The van der Waals surface area contributed by atoms with Gasteiger partial charge in [0.1, 0.15) is 10.4 Å². The molecule has 0 saturated heterocycles. The highest BCUT2D eigenvalue weighted by atomic mass is 79.9. The number of methoxy groups -OCH3 is 1. The predicted octanol–water partition coefficient (Wildman–Crippen LogP) is 3.09. The van der Waals surface area contributed by atoms with Gasteiger partial charge in [-0.25, -0.2) is 4.98 Å². The molecule has 0 atom stereocenters. The minimum atomic E-state index is 0.429. The van der Waals surface area contributed by atoms with Crippen molar-refractivity contribution >= 4 is 33.5 Å². The topological polar surface area (TPSA) is 53.1 Å². The Balaban J connectivity index is 2.60. The van der Waals surface area contributed by atoms with Crippen LogP contribution in [-0.2, 0) is 7.05 Å². The summed E-state index contributed by atoms with van der Waals surface area (Å²) in [4.78, 5) is 4.14. The molecule has 0 spiro atoms. The smallest absolute Gasteiger partial charge is 0.201 e. The molecular weight excluding hydrogens is 305 g/mol. The maximum atomic E-state index is 6.21. The van der Waals surface area contributed by atoms with Gasteiger partial charge >= 0.3 is 0 Å². The lowest BCUT2D eigenvalue weighted by Gasteiger charge is -2.08. The molecule has 2 N–H and O–H groups in total. The summed E-state index contributed by atoms with van der Waals surface area (Å²) >= 11 is 9.59. The molecule has 0 bridgehead atoms. The maximum Gasteiger partial charge on any atom is 0.201 e. The van der Waals surface area contributed by atoms with E-state index >= 15 is 0 Å². The van der Waals surface area contributed by atoms with Crippen LogP contribution in [-0.4, -0.2) is 16.7 Å². The van der Waals surface area contributed by atoms with Crippen LogP contribution in [0.25, 0.3) is 11.3 Å². The minimum absolute atomic E-state index is 0.429. The third-order valence-electron chi connectivity index (χ3n) is 2.52. The van der Waals surface area contributed by atoms with Gasteiger partial charge in [-0.05, 0) is 34.1 Å². The molecule has 4 nitrogen and oxygen atoms in total. The summed E-state index contributed by atoms with van der Waals surface area (Å²) in [5.74, 6) is 1.14. The molecule has 2 rings (SSSR count). The molecule has 2 aromatic rings. The van der Waals surface area contributed by atoms with E-state index in [9.17, 15) is 0 Å². The Kier molecular flexibility index (Phi) is 3.31. The van der Waals surface area contributed by atoms with Crippen molar-refractivity contribution in [3.05, 3.63) is 27.8 Å². The maximum absolute atomic E-state index is 6.21. The Labute approximate surface area is 112 Å². The van der Waals surface area contributed by atoms with Crippen LogP contribution in [0.15, 0.2) is 22.8 Å². The largest absolute Gasteiger partial charge is 0.497 e. The quantitative estimate of drug-likeness (QED) is 0.926. The van der Waals surface area contributed by atoms with Gasteiger partial charge < -0.3 is 15.0 Å². The summed E-state index contributed by atoms with van der Waals surface area (Å²) in [5, 5.41) is 0.591. The van der Waals surface area contributed by atoms with E-state index in [1.54, 1.807) is 17.7 Å². The molecule has 0 aliphatic carbocycles. The lowest BCUT2D eigenvalue weighted by atomic mass is 10.1. The Hall–Kier alpha value is -1.20. The predicted molar refractivity (Wildman–Crippen MR) is 72.3 cm³/mol. The first kappa shape index (κ1) is 12.3. The number of nitrogens with zero attached hydrogens (tertiary/aromatic N) is 2. The van der Waals surface area contributed by atoms with Crippen molar-refractivity contribution in [3.8, 4) is 17.0 Å². The van der Waals surface area contributed by atoms with Crippen molar-refractivity contribution in [3.63, 3.8) is 0 Å². The fourth-order valence-corrected chi connectivity index (χ4v) is 2.51. The summed E-state index contributed by atoms with van der Waals surface area (Å²) in [6.07, 6.45) is 0. The van der Waals surface area contributed by atoms with Crippen LogP contribution in [0.1, 0.15) is 0 Å². The monoisotopic (exact) mass is 315 g/mol. The fourth-order valence-electron chi connectivity index (χ4n) is 1.59. The number of imidazole rings is 1. The third-order valence-corrected chi connectivity index (χ3v) is 3.38. The van der Waals surface area contributed by atoms with Gasteiger partial charge in [-0.1, -0.05) is 11.6 Å². The Morgan fingerprint density at radius 2 is 2.18 bits per heavy atom. The number of hydrogen-bond acceptors (Lipinski definition) is 3. The fraction of sp³-hybridized carbons (Fsp3) is 0.182. The van der Waals surface area contributed by atoms with Gasteiger partial charge in [-0.15, -0.1) is 0 Å². The Bertz CT molecular complexity index is 568. The molecule has 1 aromatic carbocycles. The number of halogens is 2. The van der Waals surface area contributed by atoms with E-state index in [0.29, 0.717) is 21.3 Å². The number of rotatable bonds is 2. The van der Waals surface area contributed by atoms with Crippen molar-refractivity contribution in [2.24, 2.45) is 7.05 Å². The zero-order chi connectivity index (χ0) is 12.6. The molecule has 0 radical (unpaired) electrons. The zero-order valence-corrected chi connectivity index (χ0v) is 11.7. The number of nitrogens with two attached hydrogens (primary N) is 1. The molecule has 0 saturated carbocycles. The second-order valence-corrected chi connectivity index (χ2v) is 4.67. The lowest BCUT2D eigenvalue weighted by Crippen LogP contribution is -1.99. The Morgan fingerprint density at radius 1 is 1.47 bits per heavy atom. The molecule has 1 heterocycles. The number of aromatic nitrogens is 2. The van der Waals surface area contributed by atoms with Gasteiger partial charge in [0.25, 0.3) is 0 Å². The van der Waals surface area contributed by atoms with E-state index in [-0.39, 0.29) is 0 Å². The van der Waals surface area contributed by atoms with Crippen LogP contribution in [0, 0.1) is 0 Å². The normalized spacial score (nSPS) is 10.6. The first-order valence-corrected chi connectivity index (χ1v) is 6.03. The number of anilines is 1. The molecule has 0 aliphatic heterocycles. The highest BCUT2D eigenvalue weighted by Gasteiger charge is 2.15. The second-order valence-electron chi connectivity index (χ2n) is 3.51. The van der Waals surface area contributed by atoms with E-state index < -0.39 is 0 Å². The third kappa shape index (κ3) is 2.12. The van der Waals surface area contributed by atoms with Crippen LogP contribution in [0.2, 0.25) is 5.02 Å². The van der Waals surface area contributed by atoms with E-state index in [0.717, 1.165) is 11.3 Å².